The van der Waals surface area contributed by atoms with Crippen LogP contribution in [0, 0.1) is 5.92 Å². The molecule has 0 aromatic carbocycles. The zero-order valence-corrected chi connectivity index (χ0v) is 14.8. The quantitative estimate of drug-likeness (QED) is 0.817. The van der Waals surface area contributed by atoms with E-state index in [1.54, 1.807) is 0 Å². The molecule has 2 rings (SSSR count). The minimum atomic E-state index is 0.0847. The van der Waals surface area contributed by atoms with Gasteiger partial charge in [-0.25, -0.2) is 4.79 Å². The van der Waals surface area contributed by atoms with Crippen molar-refractivity contribution in [1.29, 1.82) is 0 Å². The number of nitrogens with zero attached hydrogens (tertiary/aromatic N) is 1. The van der Waals surface area contributed by atoms with E-state index in [4.69, 9.17) is 0 Å². The Morgan fingerprint density at radius 3 is 2.17 bits per heavy atom. The van der Waals surface area contributed by atoms with Gasteiger partial charge in [0.05, 0.1) is 0 Å². The zero-order valence-electron chi connectivity index (χ0n) is 14.8. The molecular weight excluding hydrogens is 290 g/mol. The first-order valence-corrected chi connectivity index (χ1v) is 9.39. The lowest BCUT2D eigenvalue weighted by Crippen LogP contribution is -2.51. The monoisotopic (exact) mass is 323 g/mol. The highest BCUT2D eigenvalue weighted by Gasteiger charge is 2.25. The van der Waals surface area contributed by atoms with Gasteiger partial charge in [0.15, 0.2) is 0 Å². The van der Waals surface area contributed by atoms with Crippen molar-refractivity contribution in [3.63, 3.8) is 0 Å². The third-order valence-corrected chi connectivity index (χ3v) is 5.03. The van der Waals surface area contributed by atoms with Gasteiger partial charge >= 0.3 is 6.03 Å². The molecule has 2 N–H and O–H groups in total. The maximum atomic E-state index is 12.3. The maximum absolute atomic E-state index is 12.3. The number of rotatable bonds is 5. The van der Waals surface area contributed by atoms with Crippen LogP contribution in [0.25, 0.3) is 0 Å². The highest BCUT2D eigenvalue weighted by atomic mass is 16.2. The SMILES string of the molecule is CC(C)CCC(=O)NC1CCN(C(=O)NC2CCCCC2)CC1. The molecule has 23 heavy (non-hydrogen) atoms. The van der Waals surface area contributed by atoms with Gasteiger partial charge in [-0.2, -0.15) is 0 Å². The van der Waals surface area contributed by atoms with Crippen LogP contribution in [0.2, 0.25) is 0 Å². The topological polar surface area (TPSA) is 61.4 Å². The smallest absolute Gasteiger partial charge is 0.317 e. The molecule has 0 bridgehead atoms. The van der Waals surface area contributed by atoms with Crippen LogP contribution in [0.15, 0.2) is 0 Å². The van der Waals surface area contributed by atoms with Crippen LogP contribution in [-0.4, -0.2) is 42.0 Å². The van der Waals surface area contributed by atoms with Gasteiger partial charge in [0.25, 0.3) is 0 Å². The Kier molecular flexibility index (Phi) is 7.18. The van der Waals surface area contributed by atoms with Gasteiger partial charge in [-0.05, 0) is 38.0 Å². The summed E-state index contributed by atoms with van der Waals surface area (Å²) in [6, 6.07) is 0.680. The van der Waals surface area contributed by atoms with Gasteiger partial charge in [0.2, 0.25) is 5.91 Å². The molecule has 1 saturated carbocycles. The Hall–Kier alpha value is -1.26. The lowest BCUT2D eigenvalue weighted by Gasteiger charge is -2.34. The van der Waals surface area contributed by atoms with E-state index < -0.39 is 0 Å². The van der Waals surface area contributed by atoms with Crippen molar-refractivity contribution in [3.8, 4) is 0 Å². The predicted molar refractivity (Wildman–Crippen MR) is 92.2 cm³/mol. The van der Waals surface area contributed by atoms with Crippen molar-refractivity contribution in [3.05, 3.63) is 0 Å². The molecule has 2 fully saturated rings. The van der Waals surface area contributed by atoms with E-state index >= 15 is 0 Å². The molecule has 0 aromatic heterocycles. The van der Waals surface area contributed by atoms with E-state index in [9.17, 15) is 9.59 Å². The fraction of sp³-hybridized carbons (Fsp3) is 0.889. The second-order valence-electron chi connectivity index (χ2n) is 7.55. The Morgan fingerprint density at radius 2 is 1.57 bits per heavy atom. The minimum Gasteiger partial charge on any atom is -0.353 e. The average molecular weight is 323 g/mol. The van der Waals surface area contributed by atoms with Crippen molar-refractivity contribution in [1.82, 2.24) is 15.5 Å². The first kappa shape index (κ1) is 18.1. The molecule has 0 spiro atoms. The molecule has 0 atom stereocenters. The van der Waals surface area contributed by atoms with Crippen LogP contribution in [-0.2, 0) is 4.79 Å². The van der Waals surface area contributed by atoms with Gasteiger partial charge in [-0.15, -0.1) is 0 Å². The lowest BCUT2D eigenvalue weighted by atomic mass is 9.95. The molecule has 5 nitrogen and oxygen atoms in total. The van der Waals surface area contributed by atoms with Crippen LogP contribution >= 0.6 is 0 Å². The molecule has 0 aromatic rings. The third kappa shape index (κ3) is 6.40. The van der Waals surface area contributed by atoms with Gasteiger partial charge in [0.1, 0.15) is 0 Å². The van der Waals surface area contributed by atoms with Crippen LogP contribution in [0.1, 0.15) is 71.6 Å². The molecule has 1 heterocycles. The number of likely N-dealkylation sites (tertiary alicyclic amines) is 1. The number of hydrogen-bond acceptors (Lipinski definition) is 2. The summed E-state index contributed by atoms with van der Waals surface area (Å²) in [5.41, 5.74) is 0. The summed E-state index contributed by atoms with van der Waals surface area (Å²) in [5.74, 6) is 0.717. The van der Waals surface area contributed by atoms with Crippen molar-refractivity contribution < 1.29 is 9.59 Å². The lowest BCUT2D eigenvalue weighted by molar-refractivity contribution is -0.122. The third-order valence-electron chi connectivity index (χ3n) is 5.03. The number of urea groups is 1. The fourth-order valence-electron chi connectivity index (χ4n) is 3.46. The Labute approximate surface area is 140 Å². The predicted octanol–water partition coefficient (Wildman–Crippen LogP) is 3.05. The summed E-state index contributed by atoms with van der Waals surface area (Å²) in [6.45, 7) is 5.76. The first-order valence-electron chi connectivity index (χ1n) is 9.39. The Bertz CT molecular complexity index is 384. The minimum absolute atomic E-state index is 0.0847. The Balaban J connectivity index is 1.64. The van der Waals surface area contributed by atoms with E-state index in [1.807, 2.05) is 4.90 Å². The van der Waals surface area contributed by atoms with Crippen molar-refractivity contribution in [2.75, 3.05) is 13.1 Å². The molecule has 132 valence electrons. The maximum Gasteiger partial charge on any atom is 0.317 e. The van der Waals surface area contributed by atoms with E-state index in [0.29, 0.717) is 18.4 Å². The normalized spacial score (nSPS) is 20.6. The highest BCUT2D eigenvalue weighted by Crippen LogP contribution is 2.18. The molecule has 0 radical (unpaired) electrons. The van der Waals surface area contributed by atoms with Crippen LogP contribution in [0.3, 0.4) is 0 Å². The fourth-order valence-corrected chi connectivity index (χ4v) is 3.46. The molecular formula is C18H33N3O2. The van der Waals surface area contributed by atoms with E-state index in [2.05, 4.69) is 24.5 Å². The molecule has 1 aliphatic carbocycles. The highest BCUT2D eigenvalue weighted by molar-refractivity contribution is 5.76. The van der Waals surface area contributed by atoms with Crippen molar-refractivity contribution in [2.24, 2.45) is 5.92 Å². The first-order chi connectivity index (χ1) is 11.0. The van der Waals surface area contributed by atoms with Gasteiger partial charge < -0.3 is 15.5 Å². The number of carbonyl (C=O) groups excluding carboxylic acids is 2. The van der Waals surface area contributed by atoms with Gasteiger partial charge in [-0.1, -0.05) is 33.1 Å². The largest absolute Gasteiger partial charge is 0.353 e. The van der Waals surface area contributed by atoms with E-state index in [0.717, 1.165) is 45.2 Å². The second kappa shape index (κ2) is 9.14. The molecule has 1 saturated heterocycles. The molecule has 2 aliphatic rings. The van der Waals surface area contributed by atoms with E-state index in [-0.39, 0.29) is 18.0 Å². The number of piperidine rings is 1. The summed E-state index contributed by atoms with van der Waals surface area (Å²) >= 11 is 0. The van der Waals surface area contributed by atoms with Crippen LogP contribution < -0.4 is 10.6 Å². The summed E-state index contributed by atoms with van der Waals surface area (Å²) in [4.78, 5) is 26.1. The number of hydrogen-bond donors (Lipinski definition) is 2. The average Bonchev–Trinajstić information content (AvgIpc) is 2.54. The van der Waals surface area contributed by atoms with Gasteiger partial charge in [0, 0.05) is 31.6 Å². The Morgan fingerprint density at radius 1 is 0.957 bits per heavy atom. The summed E-state index contributed by atoms with van der Waals surface area (Å²) < 4.78 is 0. The molecule has 3 amide bonds. The van der Waals surface area contributed by atoms with Crippen molar-refractivity contribution in [2.45, 2.75) is 83.7 Å². The van der Waals surface area contributed by atoms with Crippen LogP contribution in [0.4, 0.5) is 4.79 Å². The molecule has 0 unspecified atom stereocenters. The van der Waals surface area contributed by atoms with E-state index in [1.165, 1.54) is 19.3 Å². The molecule has 1 aliphatic heterocycles. The standard InChI is InChI=1S/C18H33N3O2/c1-14(2)8-9-17(22)19-16-10-12-21(13-11-16)18(23)20-15-6-4-3-5-7-15/h14-16H,3-13H2,1-2H3,(H,19,22)(H,20,23). The summed E-state index contributed by atoms with van der Waals surface area (Å²) in [6.07, 6.45) is 9.28. The second-order valence-corrected chi connectivity index (χ2v) is 7.55. The zero-order chi connectivity index (χ0) is 16.7. The molecule has 5 heteroatoms. The van der Waals surface area contributed by atoms with Crippen LogP contribution in [0.5, 0.6) is 0 Å². The van der Waals surface area contributed by atoms with Crippen molar-refractivity contribution >= 4 is 11.9 Å². The number of amides is 3. The number of carbonyl (C=O) groups is 2. The summed E-state index contributed by atoms with van der Waals surface area (Å²) in [7, 11) is 0. The number of nitrogens with one attached hydrogen (secondary N) is 2. The summed E-state index contributed by atoms with van der Waals surface area (Å²) in [5, 5.41) is 6.29. The van der Waals surface area contributed by atoms with Gasteiger partial charge in [-0.3, -0.25) is 4.79 Å².